The highest BCUT2D eigenvalue weighted by molar-refractivity contribution is 14.0. The standard InChI is InChI=1S/C18H25N5.HI/c1-13-10-14(2)23(22-13)17-7-5-4-6-16(17)12-21-18(19-3)20-11-15-8-9-15;/h4-7,10,15H,8-9,11-12H2,1-3H3,(H2,19,20,21);1H. The van der Waals surface area contributed by atoms with Gasteiger partial charge in [0.2, 0.25) is 0 Å². The zero-order valence-electron chi connectivity index (χ0n) is 14.5. The van der Waals surface area contributed by atoms with Gasteiger partial charge < -0.3 is 10.6 Å². The van der Waals surface area contributed by atoms with Crippen LogP contribution in [0.3, 0.4) is 0 Å². The molecular formula is C18H26IN5. The van der Waals surface area contributed by atoms with Crippen molar-refractivity contribution in [1.82, 2.24) is 20.4 Å². The van der Waals surface area contributed by atoms with Crippen molar-refractivity contribution < 1.29 is 0 Å². The van der Waals surface area contributed by atoms with Crippen molar-refractivity contribution in [3.63, 3.8) is 0 Å². The first kappa shape index (κ1) is 18.8. The summed E-state index contributed by atoms with van der Waals surface area (Å²) in [6.07, 6.45) is 2.68. The summed E-state index contributed by atoms with van der Waals surface area (Å²) >= 11 is 0. The van der Waals surface area contributed by atoms with Gasteiger partial charge in [0.25, 0.3) is 0 Å². The number of rotatable bonds is 5. The van der Waals surface area contributed by atoms with E-state index in [1.165, 1.54) is 18.4 Å². The minimum atomic E-state index is 0. The van der Waals surface area contributed by atoms with Crippen LogP contribution >= 0.6 is 24.0 Å². The van der Waals surface area contributed by atoms with E-state index in [-0.39, 0.29) is 24.0 Å². The Hall–Kier alpha value is -1.57. The van der Waals surface area contributed by atoms with E-state index in [4.69, 9.17) is 0 Å². The van der Waals surface area contributed by atoms with Crippen molar-refractivity contribution in [2.45, 2.75) is 33.2 Å². The Morgan fingerprint density at radius 1 is 1.25 bits per heavy atom. The Morgan fingerprint density at radius 2 is 2.00 bits per heavy atom. The van der Waals surface area contributed by atoms with E-state index in [1.54, 1.807) is 0 Å². The fourth-order valence-corrected chi connectivity index (χ4v) is 2.70. The monoisotopic (exact) mass is 439 g/mol. The van der Waals surface area contributed by atoms with E-state index in [1.807, 2.05) is 18.7 Å². The molecule has 6 heteroatoms. The van der Waals surface area contributed by atoms with Crippen molar-refractivity contribution in [2.75, 3.05) is 13.6 Å². The molecule has 1 aromatic heterocycles. The van der Waals surface area contributed by atoms with Crippen LogP contribution in [0.5, 0.6) is 0 Å². The number of nitrogens with zero attached hydrogens (tertiary/aromatic N) is 3. The smallest absolute Gasteiger partial charge is 0.191 e. The van der Waals surface area contributed by atoms with Gasteiger partial charge in [-0.1, -0.05) is 18.2 Å². The largest absolute Gasteiger partial charge is 0.356 e. The van der Waals surface area contributed by atoms with Crippen molar-refractivity contribution in [3.05, 3.63) is 47.3 Å². The topological polar surface area (TPSA) is 54.2 Å². The summed E-state index contributed by atoms with van der Waals surface area (Å²) < 4.78 is 2.01. The SMILES string of the molecule is CN=C(NCc1ccccc1-n1nc(C)cc1C)NCC1CC1.I. The van der Waals surface area contributed by atoms with Crippen LogP contribution in [0.4, 0.5) is 0 Å². The number of nitrogens with one attached hydrogen (secondary N) is 2. The van der Waals surface area contributed by atoms with Gasteiger partial charge in [0.05, 0.1) is 11.4 Å². The molecule has 2 aromatic rings. The fraction of sp³-hybridized carbons (Fsp3) is 0.444. The van der Waals surface area contributed by atoms with Crippen LogP contribution in [-0.2, 0) is 6.54 Å². The average molecular weight is 439 g/mol. The lowest BCUT2D eigenvalue weighted by molar-refractivity contribution is 0.733. The Balaban J connectivity index is 0.00000208. The van der Waals surface area contributed by atoms with Crippen molar-refractivity contribution in [2.24, 2.45) is 10.9 Å². The van der Waals surface area contributed by atoms with Crippen LogP contribution < -0.4 is 10.6 Å². The maximum Gasteiger partial charge on any atom is 0.191 e. The minimum Gasteiger partial charge on any atom is -0.356 e. The number of guanidine groups is 1. The summed E-state index contributed by atoms with van der Waals surface area (Å²) in [4.78, 5) is 4.30. The molecule has 0 bridgehead atoms. The summed E-state index contributed by atoms with van der Waals surface area (Å²) in [6.45, 7) is 5.84. The molecule has 0 atom stereocenters. The third kappa shape index (κ3) is 4.72. The lowest BCUT2D eigenvalue weighted by Crippen LogP contribution is -2.38. The molecule has 0 radical (unpaired) electrons. The number of halogens is 1. The van der Waals surface area contributed by atoms with Gasteiger partial charge in [0.1, 0.15) is 0 Å². The first-order valence-electron chi connectivity index (χ1n) is 8.23. The zero-order valence-corrected chi connectivity index (χ0v) is 16.9. The molecule has 24 heavy (non-hydrogen) atoms. The van der Waals surface area contributed by atoms with Gasteiger partial charge in [-0.2, -0.15) is 5.10 Å². The first-order valence-corrected chi connectivity index (χ1v) is 8.23. The molecule has 1 heterocycles. The highest BCUT2D eigenvalue weighted by Crippen LogP contribution is 2.27. The summed E-state index contributed by atoms with van der Waals surface area (Å²) in [5.41, 5.74) is 4.50. The Labute approximate surface area is 161 Å². The number of benzene rings is 1. The number of aromatic nitrogens is 2. The molecule has 1 saturated carbocycles. The molecule has 5 nitrogen and oxygen atoms in total. The highest BCUT2D eigenvalue weighted by atomic mass is 127. The molecular weight excluding hydrogens is 413 g/mol. The third-order valence-electron chi connectivity index (χ3n) is 4.15. The van der Waals surface area contributed by atoms with Gasteiger partial charge in [-0.05, 0) is 50.3 Å². The van der Waals surface area contributed by atoms with E-state index < -0.39 is 0 Å². The van der Waals surface area contributed by atoms with Crippen molar-refractivity contribution >= 4 is 29.9 Å². The van der Waals surface area contributed by atoms with Crippen LogP contribution in [0, 0.1) is 19.8 Å². The Bertz CT molecular complexity index is 703. The first-order chi connectivity index (χ1) is 11.2. The molecule has 130 valence electrons. The molecule has 0 unspecified atom stereocenters. The molecule has 0 aliphatic heterocycles. The van der Waals surface area contributed by atoms with E-state index in [2.05, 4.69) is 58.0 Å². The van der Waals surface area contributed by atoms with E-state index in [0.29, 0.717) is 0 Å². The second kappa shape index (κ2) is 8.50. The molecule has 0 spiro atoms. The molecule has 1 aliphatic rings. The average Bonchev–Trinajstić information content (AvgIpc) is 3.31. The lowest BCUT2D eigenvalue weighted by atomic mass is 10.1. The molecule has 0 saturated heterocycles. The molecule has 1 fully saturated rings. The van der Waals surface area contributed by atoms with Gasteiger partial charge in [-0.15, -0.1) is 24.0 Å². The van der Waals surface area contributed by atoms with Gasteiger partial charge in [-0.3, -0.25) is 4.99 Å². The Kier molecular flexibility index (Phi) is 6.65. The fourth-order valence-electron chi connectivity index (χ4n) is 2.70. The quantitative estimate of drug-likeness (QED) is 0.428. The molecule has 2 N–H and O–H groups in total. The van der Waals surface area contributed by atoms with Gasteiger partial charge >= 0.3 is 0 Å². The number of para-hydroxylation sites is 1. The number of aryl methyl sites for hydroxylation is 2. The molecule has 0 amide bonds. The number of aliphatic imine (C=N–C) groups is 1. The van der Waals surface area contributed by atoms with E-state index >= 15 is 0 Å². The normalized spacial score (nSPS) is 14.2. The van der Waals surface area contributed by atoms with Crippen LogP contribution in [0.2, 0.25) is 0 Å². The Morgan fingerprint density at radius 3 is 2.62 bits per heavy atom. The maximum atomic E-state index is 4.60. The molecule has 1 aliphatic carbocycles. The van der Waals surface area contributed by atoms with Crippen LogP contribution in [-0.4, -0.2) is 29.3 Å². The van der Waals surface area contributed by atoms with Crippen LogP contribution in [0.25, 0.3) is 5.69 Å². The minimum absolute atomic E-state index is 0. The summed E-state index contributed by atoms with van der Waals surface area (Å²) in [5, 5.41) is 11.4. The van der Waals surface area contributed by atoms with Crippen molar-refractivity contribution in [3.8, 4) is 5.69 Å². The van der Waals surface area contributed by atoms with Crippen molar-refractivity contribution in [1.29, 1.82) is 0 Å². The van der Waals surface area contributed by atoms with Crippen LogP contribution in [0.15, 0.2) is 35.3 Å². The molecule has 1 aromatic carbocycles. The number of hydrogen-bond acceptors (Lipinski definition) is 2. The van der Waals surface area contributed by atoms with Gasteiger partial charge in [0.15, 0.2) is 5.96 Å². The van der Waals surface area contributed by atoms with E-state index in [9.17, 15) is 0 Å². The van der Waals surface area contributed by atoms with E-state index in [0.717, 1.165) is 42.0 Å². The number of hydrogen-bond donors (Lipinski definition) is 2. The summed E-state index contributed by atoms with van der Waals surface area (Å²) in [7, 11) is 1.81. The summed E-state index contributed by atoms with van der Waals surface area (Å²) in [6, 6.07) is 10.5. The zero-order chi connectivity index (χ0) is 16.2. The predicted octanol–water partition coefficient (Wildman–Crippen LogP) is 3.18. The van der Waals surface area contributed by atoms with Gasteiger partial charge in [0, 0.05) is 25.8 Å². The second-order valence-electron chi connectivity index (χ2n) is 6.22. The molecule has 3 rings (SSSR count). The lowest BCUT2D eigenvalue weighted by Gasteiger charge is -2.15. The third-order valence-corrected chi connectivity index (χ3v) is 4.15. The summed E-state index contributed by atoms with van der Waals surface area (Å²) in [5.74, 6) is 1.69. The second-order valence-corrected chi connectivity index (χ2v) is 6.22. The predicted molar refractivity (Wildman–Crippen MR) is 109 cm³/mol. The maximum absolute atomic E-state index is 4.60. The van der Waals surface area contributed by atoms with Crippen LogP contribution in [0.1, 0.15) is 29.8 Å². The highest BCUT2D eigenvalue weighted by Gasteiger charge is 2.21. The van der Waals surface area contributed by atoms with Gasteiger partial charge in [-0.25, -0.2) is 4.68 Å².